The fraction of sp³-hybridized carbons (Fsp3) is 0.417. The minimum atomic E-state index is -0.554. The summed E-state index contributed by atoms with van der Waals surface area (Å²) >= 11 is 0. The van der Waals surface area contributed by atoms with Gasteiger partial charge in [-0.3, -0.25) is 14.5 Å². The normalized spacial score (nSPS) is 15.2. The Balaban J connectivity index is 1.89. The van der Waals surface area contributed by atoms with Crippen molar-refractivity contribution < 1.29 is 14.3 Å². The minimum Gasteiger partial charge on any atom is -0.465 e. The highest BCUT2D eigenvalue weighted by Gasteiger charge is 2.31. The predicted molar refractivity (Wildman–Crippen MR) is 113 cm³/mol. The van der Waals surface area contributed by atoms with Crippen LogP contribution in [0.1, 0.15) is 49.8 Å². The molecule has 5 nitrogen and oxygen atoms in total. The summed E-state index contributed by atoms with van der Waals surface area (Å²) in [6.45, 7) is 2.65. The van der Waals surface area contributed by atoms with Gasteiger partial charge in [-0.05, 0) is 30.9 Å². The molecule has 154 valence electrons. The van der Waals surface area contributed by atoms with Crippen LogP contribution in [0.2, 0.25) is 0 Å². The molecule has 1 aliphatic carbocycles. The maximum atomic E-state index is 13.4. The monoisotopic (exact) mass is 394 g/mol. The van der Waals surface area contributed by atoms with Crippen molar-refractivity contribution in [2.45, 2.75) is 51.2 Å². The van der Waals surface area contributed by atoms with Gasteiger partial charge in [-0.25, -0.2) is 0 Å². The van der Waals surface area contributed by atoms with Gasteiger partial charge < -0.3 is 10.1 Å². The second kappa shape index (κ2) is 10.8. The number of hydrogen-bond donors (Lipinski definition) is 1. The standard InChI is InChI=1S/C24H30N2O3/c1-2-29-22(27)18-26(17-19-11-5-3-6-12-19)23(20-13-7-4-8-14-20)24(28)25-21-15-9-10-16-21/h3-8,11-14,21,23H,2,9-10,15-18H2,1H3,(H,25,28)/t23-/m1/s1. The fourth-order valence-corrected chi connectivity index (χ4v) is 3.94. The molecule has 0 saturated heterocycles. The van der Waals surface area contributed by atoms with Crippen molar-refractivity contribution in [1.29, 1.82) is 0 Å². The van der Waals surface area contributed by atoms with E-state index in [4.69, 9.17) is 4.74 Å². The maximum absolute atomic E-state index is 13.4. The summed E-state index contributed by atoms with van der Waals surface area (Å²) in [7, 11) is 0. The van der Waals surface area contributed by atoms with Crippen molar-refractivity contribution in [3.05, 3.63) is 71.8 Å². The number of ether oxygens (including phenoxy) is 1. The molecule has 0 radical (unpaired) electrons. The third kappa shape index (κ3) is 6.16. The number of benzene rings is 2. The number of hydrogen-bond acceptors (Lipinski definition) is 4. The molecule has 0 bridgehead atoms. The van der Waals surface area contributed by atoms with E-state index >= 15 is 0 Å². The van der Waals surface area contributed by atoms with E-state index in [1.165, 1.54) is 0 Å². The van der Waals surface area contributed by atoms with Gasteiger partial charge in [0.15, 0.2) is 0 Å². The van der Waals surface area contributed by atoms with Crippen molar-refractivity contribution in [2.24, 2.45) is 0 Å². The van der Waals surface area contributed by atoms with Crippen LogP contribution in [-0.4, -0.2) is 36.0 Å². The molecule has 1 fully saturated rings. The van der Waals surface area contributed by atoms with Crippen LogP contribution in [-0.2, 0) is 20.9 Å². The summed E-state index contributed by atoms with van der Waals surface area (Å²) in [4.78, 5) is 27.6. The molecule has 0 aliphatic heterocycles. The molecule has 2 aromatic carbocycles. The number of rotatable bonds is 9. The Hall–Kier alpha value is -2.66. The quantitative estimate of drug-likeness (QED) is 0.657. The molecule has 29 heavy (non-hydrogen) atoms. The number of carbonyl (C=O) groups excluding carboxylic acids is 2. The Labute approximate surface area is 173 Å². The van der Waals surface area contributed by atoms with Gasteiger partial charge in [-0.2, -0.15) is 0 Å². The molecular weight excluding hydrogens is 364 g/mol. The van der Waals surface area contributed by atoms with E-state index in [1.54, 1.807) is 6.92 Å². The SMILES string of the molecule is CCOC(=O)CN(Cc1ccccc1)[C@@H](C(=O)NC1CCCC1)c1ccccc1. The molecule has 1 saturated carbocycles. The number of carbonyl (C=O) groups is 2. The molecule has 3 rings (SSSR count). The van der Waals surface area contributed by atoms with Crippen molar-refractivity contribution in [3.8, 4) is 0 Å². The van der Waals surface area contributed by atoms with Gasteiger partial charge in [-0.1, -0.05) is 73.5 Å². The highest BCUT2D eigenvalue weighted by Crippen LogP contribution is 2.25. The number of amides is 1. The van der Waals surface area contributed by atoms with Crippen molar-refractivity contribution in [2.75, 3.05) is 13.2 Å². The van der Waals surface area contributed by atoms with Gasteiger partial charge in [0, 0.05) is 12.6 Å². The molecule has 0 heterocycles. The average Bonchev–Trinajstić information content (AvgIpc) is 3.23. The summed E-state index contributed by atoms with van der Waals surface area (Å²) < 4.78 is 5.20. The van der Waals surface area contributed by atoms with Gasteiger partial charge in [0.1, 0.15) is 6.04 Å². The number of nitrogens with zero attached hydrogens (tertiary/aromatic N) is 1. The number of nitrogens with one attached hydrogen (secondary N) is 1. The van der Waals surface area contributed by atoms with E-state index in [-0.39, 0.29) is 24.5 Å². The van der Waals surface area contributed by atoms with Crippen molar-refractivity contribution in [1.82, 2.24) is 10.2 Å². The van der Waals surface area contributed by atoms with E-state index in [2.05, 4.69) is 5.32 Å². The Morgan fingerprint density at radius 2 is 1.66 bits per heavy atom. The summed E-state index contributed by atoms with van der Waals surface area (Å²) in [6, 6.07) is 19.3. The first-order valence-electron chi connectivity index (χ1n) is 10.5. The smallest absolute Gasteiger partial charge is 0.320 e. The zero-order valence-electron chi connectivity index (χ0n) is 17.0. The Morgan fingerprint density at radius 3 is 2.28 bits per heavy atom. The van der Waals surface area contributed by atoms with Gasteiger partial charge >= 0.3 is 5.97 Å². The molecule has 1 amide bonds. The fourth-order valence-electron chi connectivity index (χ4n) is 3.94. The first-order chi connectivity index (χ1) is 14.2. The van der Waals surface area contributed by atoms with E-state index in [1.807, 2.05) is 65.6 Å². The second-order valence-corrected chi connectivity index (χ2v) is 7.50. The summed E-state index contributed by atoms with van der Waals surface area (Å²) in [5.74, 6) is -0.374. The lowest BCUT2D eigenvalue weighted by Gasteiger charge is -2.31. The van der Waals surface area contributed by atoms with Crippen LogP contribution >= 0.6 is 0 Å². The first kappa shape index (κ1) is 21.1. The average molecular weight is 395 g/mol. The zero-order chi connectivity index (χ0) is 20.5. The molecule has 0 spiro atoms. The Bertz CT molecular complexity index is 773. The third-order valence-electron chi connectivity index (χ3n) is 5.30. The maximum Gasteiger partial charge on any atom is 0.320 e. The number of esters is 1. The summed E-state index contributed by atoms with van der Waals surface area (Å²) in [5.41, 5.74) is 1.93. The van der Waals surface area contributed by atoms with Crippen molar-refractivity contribution >= 4 is 11.9 Å². The molecule has 5 heteroatoms. The third-order valence-corrected chi connectivity index (χ3v) is 5.30. The van der Waals surface area contributed by atoms with Crippen LogP contribution in [0, 0.1) is 0 Å². The summed E-state index contributed by atoms with van der Waals surface area (Å²) in [5, 5.41) is 3.22. The van der Waals surface area contributed by atoms with Crippen LogP contribution < -0.4 is 5.32 Å². The van der Waals surface area contributed by atoms with Crippen LogP contribution in [0.3, 0.4) is 0 Å². The van der Waals surface area contributed by atoms with Gasteiger partial charge in [-0.15, -0.1) is 0 Å². The largest absolute Gasteiger partial charge is 0.465 e. The highest BCUT2D eigenvalue weighted by atomic mass is 16.5. The first-order valence-corrected chi connectivity index (χ1v) is 10.5. The minimum absolute atomic E-state index is 0.0525. The van der Waals surface area contributed by atoms with Crippen LogP contribution in [0.25, 0.3) is 0 Å². The Morgan fingerprint density at radius 1 is 1.03 bits per heavy atom. The molecule has 1 N–H and O–H groups in total. The molecule has 0 unspecified atom stereocenters. The summed E-state index contributed by atoms with van der Waals surface area (Å²) in [6.07, 6.45) is 4.34. The van der Waals surface area contributed by atoms with Gasteiger partial charge in [0.25, 0.3) is 0 Å². The van der Waals surface area contributed by atoms with E-state index in [0.717, 1.165) is 36.8 Å². The van der Waals surface area contributed by atoms with E-state index < -0.39 is 6.04 Å². The van der Waals surface area contributed by atoms with E-state index in [9.17, 15) is 9.59 Å². The van der Waals surface area contributed by atoms with Gasteiger partial charge in [0.05, 0.1) is 13.2 Å². The lowest BCUT2D eigenvalue weighted by Crippen LogP contribution is -2.45. The predicted octanol–water partition coefficient (Wildman–Crippen LogP) is 3.85. The molecule has 1 aliphatic rings. The Kier molecular flexibility index (Phi) is 7.82. The van der Waals surface area contributed by atoms with Crippen LogP contribution in [0.4, 0.5) is 0 Å². The topological polar surface area (TPSA) is 58.6 Å². The molecule has 2 aromatic rings. The second-order valence-electron chi connectivity index (χ2n) is 7.50. The van der Waals surface area contributed by atoms with Crippen LogP contribution in [0.5, 0.6) is 0 Å². The zero-order valence-corrected chi connectivity index (χ0v) is 17.0. The molecule has 0 aromatic heterocycles. The molecule has 1 atom stereocenters. The van der Waals surface area contributed by atoms with Gasteiger partial charge in [0.2, 0.25) is 5.91 Å². The molecular formula is C24H30N2O3. The highest BCUT2D eigenvalue weighted by molar-refractivity contribution is 5.84. The lowest BCUT2D eigenvalue weighted by atomic mass is 10.0. The van der Waals surface area contributed by atoms with E-state index in [0.29, 0.717) is 13.2 Å². The van der Waals surface area contributed by atoms with Crippen molar-refractivity contribution in [3.63, 3.8) is 0 Å². The lowest BCUT2D eigenvalue weighted by molar-refractivity contribution is -0.146. The van der Waals surface area contributed by atoms with Crippen LogP contribution in [0.15, 0.2) is 60.7 Å².